The van der Waals surface area contributed by atoms with Crippen LogP contribution in [0.25, 0.3) is 0 Å². The summed E-state index contributed by atoms with van der Waals surface area (Å²) >= 11 is 0. The maximum Gasteiger partial charge on any atom is 0.307 e. The van der Waals surface area contributed by atoms with Crippen molar-refractivity contribution in [1.82, 2.24) is 10.2 Å². The van der Waals surface area contributed by atoms with Crippen LogP contribution in [0.15, 0.2) is 48.5 Å². The molecule has 2 amide bonds. The lowest BCUT2D eigenvalue weighted by atomic mass is 9.79. The van der Waals surface area contributed by atoms with E-state index in [4.69, 9.17) is 4.74 Å². The fraction of sp³-hybridized carbons (Fsp3) is 0.318. The Balaban J connectivity index is 1.98. The van der Waals surface area contributed by atoms with Crippen LogP contribution in [0.4, 0.5) is 0 Å². The molecule has 0 bridgehead atoms. The number of benzene rings is 2. The van der Waals surface area contributed by atoms with Crippen molar-refractivity contribution in [3.8, 4) is 5.75 Å². The van der Waals surface area contributed by atoms with E-state index in [1.165, 1.54) is 7.11 Å². The molecule has 0 aliphatic carbocycles. The Morgan fingerprint density at radius 2 is 1.76 bits per heavy atom. The van der Waals surface area contributed by atoms with E-state index in [1.807, 2.05) is 18.2 Å². The molecule has 1 N–H and O–H groups in total. The van der Waals surface area contributed by atoms with E-state index in [0.717, 1.165) is 5.56 Å². The van der Waals surface area contributed by atoms with Gasteiger partial charge in [0.1, 0.15) is 5.75 Å². The molecule has 152 valence electrons. The highest BCUT2D eigenvalue weighted by Crippen LogP contribution is 2.42. The second-order valence-electron chi connectivity index (χ2n) is 6.82. The first kappa shape index (κ1) is 20.4. The van der Waals surface area contributed by atoms with Crippen LogP contribution in [0.5, 0.6) is 5.75 Å². The fourth-order valence-corrected chi connectivity index (χ4v) is 3.67. The Hall–Kier alpha value is -3.35. The zero-order chi connectivity index (χ0) is 21.0. The second-order valence-corrected chi connectivity index (χ2v) is 6.82. The van der Waals surface area contributed by atoms with E-state index in [1.54, 1.807) is 49.4 Å². The van der Waals surface area contributed by atoms with Crippen molar-refractivity contribution >= 4 is 17.8 Å². The minimum Gasteiger partial charge on any atom is -0.497 e. The summed E-state index contributed by atoms with van der Waals surface area (Å²) in [5.41, 5.74) is 2.00. The Morgan fingerprint density at radius 3 is 2.41 bits per heavy atom. The van der Waals surface area contributed by atoms with E-state index in [9.17, 15) is 14.4 Å². The average molecular weight is 396 g/mol. The Kier molecular flexibility index (Phi) is 6.16. The molecule has 0 unspecified atom stereocenters. The maximum absolute atomic E-state index is 13.2. The van der Waals surface area contributed by atoms with Crippen LogP contribution in [-0.2, 0) is 14.3 Å². The highest BCUT2D eigenvalue weighted by Gasteiger charge is 2.42. The SMILES string of the molecule is COC(=O)CCNC(=O)[C@@H]1c2ccccc2C(=O)N(C)[C@H]1c1ccc(OC)cc1. The number of rotatable bonds is 6. The molecule has 2 aromatic carbocycles. The molecule has 7 nitrogen and oxygen atoms in total. The van der Waals surface area contributed by atoms with Gasteiger partial charge >= 0.3 is 5.97 Å². The lowest BCUT2D eigenvalue weighted by molar-refractivity contribution is -0.140. The average Bonchev–Trinajstić information content (AvgIpc) is 2.75. The summed E-state index contributed by atoms with van der Waals surface area (Å²) in [6, 6.07) is 14.0. The summed E-state index contributed by atoms with van der Waals surface area (Å²) in [5, 5.41) is 2.81. The van der Waals surface area contributed by atoms with Crippen molar-refractivity contribution in [3.63, 3.8) is 0 Å². The van der Waals surface area contributed by atoms with Gasteiger partial charge in [0.25, 0.3) is 5.91 Å². The summed E-state index contributed by atoms with van der Waals surface area (Å²) in [7, 11) is 4.59. The lowest BCUT2D eigenvalue weighted by Crippen LogP contribution is -2.45. The summed E-state index contributed by atoms with van der Waals surface area (Å²) in [4.78, 5) is 39.1. The molecular weight excluding hydrogens is 372 g/mol. The van der Waals surface area contributed by atoms with Crippen molar-refractivity contribution in [3.05, 3.63) is 65.2 Å². The predicted molar refractivity (Wildman–Crippen MR) is 107 cm³/mol. The van der Waals surface area contributed by atoms with Crippen molar-refractivity contribution in [1.29, 1.82) is 0 Å². The number of ether oxygens (including phenoxy) is 2. The molecule has 0 fully saturated rings. The molecule has 2 aromatic rings. The first-order valence-corrected chi connectivity index (χ1v) is 9.32. The minimum absolute atomic E-state index is 0.0819. The van der Waals surface area contributed by atoms with Crippen LogP contribution in [0, 0.1) is 0 Å². The Labute approximate surface area is 169 Å². The molecule has 29 heavy (non-hydrogen) atoms. The number of hydrogen-bond donors (Lipinski definition) is 1. The number of nitrogens with one attached hydrogen (secondary N) is 1. The van der Waals surface area contributed by atoms with Gasteiger partial charge in [-0.25, -0.2) is 0 Å². The summed E-state index contributed by atoms with van der Waals surface area (Å²) < 4.78 is 9.84. The van der Waals surface area contributed by atoms with E-state index >= 15 is 0 Å². The molecule has 0 saturated carbocycles. The number of methoxy groups -OCH3 is 2. The molecule has 0 radical (unpaired) electrons. The van der Waals surface area contributed by atoms with Crippen LogP contribution in [-0.4, -0.2) is 50.5 Å². The normalized spacial score (nSPS) is 18.0. The van der Waals surface area contributed by atoms with Crippen LogP contribution in [0.1, 0.15) is 39.9 Å². The molecule has 1 heterocycles. The highest BCUT2D eigenvalue weighted by atomic mass is 16.5. The lowest BCUT2D eigenvalue weighted by Gasteiger charge is -2.39. The van der Waals surface area contributed by atoms with Crippen LogP contribution >= 0.6 is 0 Å². The first-order valence-electron chi connectivity index (χ1n) is 9.32. The number of carbonyl (C=O) groups is 3. The fourth-order valence-electron chi connectivity index (χ4n) is 3.67. The van der Waals surface area contributed by atoms with Crippen LogP contribution < -0.4 is 10.1 Å². The third-order valence-corrected chi connectivity index (χ3v) is 5.18. The quantitative estimate of drug-likeness (QED) is 0.758. The topological polar surface area (TPSA) is 84.9 Å². The van der Waals surface area contributed by atoms with Gasteiger partial charge in [0.2, 0.25) is 5.91 Å². The number of hydrogen-bond acceptors (Lipinski definition) is 5. The van der Waals surface area contributed by atoms with E-state index < -0.39 is 17.9 Å². The second kappa shape index (κ2) is 8.77. The summed E-state index contributed by atoms with van der Waals surface area (Å²) in [5.74, 6) is -0.701. The van der Waals surface area contributed by atoms with Gasteiger partial charge in [-0.2, -0.15) is 0 Å². The predicted octanol–water partition coefficient (Wildman–Crippen LogP) is 2.28. The maximum atomic E-state index is 13.2. The van der Waals surface area contributed by atoms with Crippen LogP contribution in [0.3, 0.4) is 0 Å². The zero-order valence-corrected chi connectivity index (χ0v) is 16.7. The number of esters is 1. The molecule has 0 saturated heterocycles. The number of amides is 2. The van der Waals surface area contributed by atoms with Crippen molar-refractivity contribution < 1.29 is 23.9 Å². The van der Waals surface area contributed by atoms with E-state index in [0.29, 0.717) is 16.9 Å². The first-order chi connectivity index (χ1) is 14.0. The van der Waals surface area contributed by atoms with E-state index in [-0.39, 0.29) is 24.8 Å². The third kappa shape index (κ3) is 4.08. The van der Waals surface area contributed by atoms with Crippen molar-refractivity contribution in [2.75, 3.05) is 27.8 Å². The van der Waals surface area contributed by atoms with Gasteiger partial charge in [0.15, 0.2) is 0 Å². The molecule has 1 aliphatic heterocycles. The van der Waals surface area contributed by atoms with E-state index in [2.05, 4.69) is 10.1 Å². The smallest absolute Gasteiger partial charge is 0.307 e. The van der Waals surface area contributed by atoms with Gasteiger partial charge in [0.05, 0.1) is 32.6 Å². The van der Waals surface area contributed by atoms with Gasteiger partial charge in [-0.15, -0.1) is 0 Å². The molecule has 0 spiro atoms. The number of nitrogens with zero attached hydrogens (tertiary/aromatic N) is 1. The molecule has 7 heteroatoms. The zero-order valence-electron chi connectivity index (χ0n) is 16.7. The minimum atomic E-state index is -0.611. The number of carbonyl (C=O) groups excluding carboxylic acids is 3. The van der Waals surface area contributed by atoms with Gasteiger partial charge in [0, 0.05) is 19.2 Å². The van der Waals surface area contributed by atoms with Gasteiger partial charge in [-0.05, 0) is 29.3 Å². The van der Waals surface area contributed by atoms with Crippen molar-refractivity contribution in [2.45, 2.75) is 18.4 Å². The highest BCUT2D eigenvalue weighted by molar-refractivity contribution is 6.01. The molecule has 3 rings (SSSR count). The van der Waals surface area contributed by atoms with Gasteiger partial charge in [-0.3, -0.25) is 14.4 Å². The summed E-state index contributed by atoms with van der Waals surface area (Å²) in [6.45, 7) is 0.164. The molecule has 2 atom stereocenters. The van der Waals surface area contributed by atoms with Crippen LogP contribution in [0.2, 0.25) is 0 Å². The monoisotopic (exact) mass is 396 g/mol. The van der Waals surface area contributed by atoms with Gasteiger partial charge in [-0.1, -0.05) is 30.3 Å². The Bertz CT molecular complexity index is 910. The summed E-state index contributed by atoms with van der Waals surface area (Å²) in [6.07, 6.45) is 0.0819. The third-order valence-electron chi connectivity index (χ3n) is 5.18. The van der Waals surface area contributed by atoms with Crippen molar-refractivity contribution in [2.24, 2.45) is 0 Å². The molecular formula is C22H24N2O5. The molecule has 0 aromatic heterocycles. The molecule has 1 aliphatic rings. The Morgan fingerprint density at radius 1 is 1.07 bits per heavy atom. The number of likely N-dealkylation sites (N-methyl/N-ethyl adjacent to an activating group) is 1. The standard InChI is InChI=1S/C22H24N2O5/c1-24-20(14-8-10-15(28-2)11-9-14)19(21(26)23-13-12-18(25)29-3)16-6-4-5-7-17(16)22(24)27/h4-11,19-20H,12-13H2,1-3H3,(H,23,26)/t19-,20+/m1/s1. The largest absolute Gasteiger partial charge is 0.497 e. The van der Waals surface area contributed by atoms with Gasteiger partial charge < -0.3 is 19.7 Å². The number of fused-ring (bicyclic) bond motifs is 1.